The molecule has 1 aromatic rings. The van der Waals surface area contributed by atoms with Crippen molar-refractivity contribution in [2.45, 2.75) is 96.1 Å². The Hall–Kier alpha value is -1.32. The van der Waals surface area contributed by atoms with Crippen LogP contribution in [0.3, 0.4) is 0 Å². The molecule has 5 fully saturated rings. The number of ether oxygens (including phenoxy) is 4. The predicted molar refractivity (Wildman–Crippen MR) is 141 cm³/mol. The Morgan fingerprint density at radius 3 is 2.51 bits per heavy atom. The summed E-state index contributed by atoms with van der Waals surface area (Å²) in [4.78, 5) is 13.4. The van der Waals surface area contributed by atoms with Crippen LogP contribution in [0.1, 0.15) is 88.6 Å². The van der Waals surface area contributed by atoms with Crippen molar-refractivity contribution in [3.05, 3.63) is 28.8 Å². The van der Waals surface area contributed by atoms with Crippen molar-refractivity contribution in [3.63, 3.8) is 0 Å². The third kappa shape index (κ3) is 4.82. The second kappa shape index (κ2) is 9.70. The summed E-state index contributed by atoms with van der Waals surface area (Å²) in [6.07, 6.45) is 2.79. The second-order valence-corrected chi connectivity index (χ2v) is 13.3. The van der Waals surface area contributed by atoms with Gasteiger partial charge in [-0.05, 0) is 76.2 Å². The molecule has 3 aliphatic carbocycles. The summed E-state index contributed by atoms with van der Waals surface area (Å²) in [5.74, 6) is 1.06. The Labute approximate surface area is 225 Å². The van der Waals surface area contributed by atoms with Gasteiger partial charge in [-0.1, -0.05) is 26.0 Å². The molecule has 2 heterocycles. The fourth-order valence-corrected chi connectivity index (χ4v) is 7.07. The van der Waals surface area contributed by atoms with Crippen LogP contribution < -0.4 is 4.74 Å². The van der Waals surface area contributed by atoms with E-state index in [4.69, 9.17) is 39.9 Å². The zero-order valence-corrected chi connectivity index (χ0v) is 23.9. The molecule has 0 unspecified atom stereocenters. The molecule has 6 rings (SSSR count). The zero-order chi connectivity index (χ0) is 26.8. The Balaban J connectivity index is 1.41. The zero-order valence-electron chi connectivity index (χ0n) is 23.1. The number of methoxy groups -OCH3 is 1. The Morgan fingerprint density at radius 2 is 1.89 bits per heavy atom. The van der Waals surface area contributed by atoms with Crippen molar-refractivity contribution in [3.8, 4) is 5.75 Å². The SMILES string of the molecule is COc1c(C[C@@H](Cl)B2O[C@@H]3C[C@@H]4C[C@@H](C4(C)C)[C@]3(C)O2)ccc(C2OCCCO2)c1C(=O)OC(C)(C)C. The maximum Gasteiger partial charge on any atom is 0.477 e. The largest absolute Gasteiger partial charge is 0.496 e. The first-order valence-electron chi connectivity index (χ1n) is 13.5. The van der Waals surface area contributed by atoms with Crippen LogP contribution in [0.25, 0.3) is 0 Å². The highest BCUT2D eigenvalue weighted by molar-refractivity contribution is 6.60. The van der Waals surface area contributed by atoms with Crippen LogP contribution in [-0.4, -0.2) is 56.0 Å². The molecule has 2 saturated heterocycles. The number of benzene rings is 1. The van der Waals surface area contributed by atoms with Crippen LogP contribution in [0.4, 0.5) is 0 Å². The number of alkyl halides is 1. The molecular weight excluding hydrogens is 495 g/mol. The lowest BCUT2D eigenvalue weighted by Gasteiger charge is -2.64. The van der Waals surface area contributed by atoms with Crippen LogP contribution >= 0.6 is 11.6 Å². The van der Waals surface area contributed by atoms with Gasteiger partial charge in [0.05, 0.1) is 37.3 Å². The van der Waals surface area contributed by atoms with Gasteiger partial charge >= 0.3 is 13.1 Å². The van der Waals surface area contributed by atoms with E-state index in [1.165, 1.54) is 6.42 Å². The highest BCUT2D eigenvalue weighted by Crippen LogP contribution is 2.65. The predicted octanol–water partition coefficient (Wildman–Crippen LogP) is 5.50. The lowest BCUT2D eigenvalue weighted by Crippen LogP contribution is -2.65. The first-order chi connectivity index (χ1) is 17.3. The van der Waals surface area contributed by atoms with Crippen LogP contribution in [0.15, 0.2) is 12.1 Å². The van der Waals surface area contributed by atoms with E-state index in [0.717, 1.165) is 18.4 Å². The Bertz CT molecular complexity index is 1030. The first-order valence-corrected chi connectivity index (χ1v) is 13.9. The molecule has 2 bridgehead atoms. The first kappa shape index (κ1) is 27.3. The fourth-order valence-electron chi connectivity index (χ4n) is 6.80. The fraction of sp³-hybridized carbons (Fsp3) is 0.750. The summed E-state index contributed by atoms with van der Waals surface area (Å²) >= 11 is 6.97. The van der Waals surface area contributed by atoms with Crippen LogP contribution in [-0.2, 0) is 29.9 Å². The van der Waals surface area contributed by atoms with Gasteiger partial charge in [0.1, 0.15) is 16.9 Å². The molecule has 0 radical (unpaired) electrons. The van der Waals surface area contributed by atoms with E-state index in [9.17, 15) is 4.79 Å². The van der Waals surface area contributed by atoms with Crippen molar-refractivity contribution < 1.29 is 33.1 Å². The maximum atomic E-state index is 13.4. The van der Waals surface area contributed by atoms with E-state index >= 15 is 0 Å². The molecule has 5 aliphatic rings. The summed E-state index contributed by atoms with van der Waals surface area (Å²) in [7, 11) is 1.02. The molecule has 2 aliphatic heterocycles. The van der Waals surface area contributed by atoms with E-state index < -0.39 is 30.3 Å². The monoisotopic (exact) mass is 534 g/mol. The number of hydrogen-bond donors (Lipinski definition) is 0. The molecule has 0 N–H and O–H groups in total. The van der Waals surface area contributed by atoms with Crippen LogP contribution in [0.2, 0.25) is 0 Å². The molecule has 3 saturated carbocycles. The van der Waals surface area contributed by atoms with E-state index in [1.54, 1.807) is 7.11 Å². The lowest BCUT2D eigenvalue weighted by atomic mass is 9.43. The van der Waals surface area contributed by atoms with Gasteiger partial charge < -0.3 is 28.3 Å². The minimum atomic E-state index is -0.676. The molecule has 9 heteroatoms. The molecule has 0 aromatic heterocycles. The average Bonchev–Trinajstić information content (AvgIpc) is 3.20. The molecule has 7 nitrogen and oxygen atoms in total. The van der Waals surface area contributed by atoms with Crippen molar-refractivity contribution in [2.75, 3.05) is 20.3 Å². The van der Waals surface area contributed by atoms with E-state index in [2.05, 4.69) is 20.8 Å². The molecular formula is C28H40BClO7. The quantitative estimate of drug-likeness (QED) is 0.271. The van der Waals surface area contributed by atoms with E-state index in [0.29, 0.717) is 48.3 Å². The highest BCUT2D eigenvalue weighted by atomic mass is 35.5. The van der Waals surface area contributed by atoms with Crippen molar-refractivity contribution >= 4 is 24.7 Å². The molecule has 37 heavy (non-hydrogen) atoms. The standard InChI is InChI=1S/C28H40BClO7/c1-26(2,3)35-24(31)22-18(25-33-11-8-12-34-25)10-9-16(23(22)32-7)13-21(30)29-36-20-15-17-14-19(27(17,4)5)28(20,6)37-29/h9-10,17,19-21,25H,8,11-15H2,1-7H3/t17-,19-,20+,21+,28-/m0/s1. The minimum absolute atomic E-state index is 0.0534. The van der Waals surface area contributed by atoms with Gasteiger partial charge in [0.2, 0.25) is 0 Å². The molecule has 204 valence electrons. The van der Waals surface area contributed by atoms with Gasteiger partial charge in [0.25, 0.3) is 0 Å². The van der Waals surface area contributed by atoms with Crippen LogP contribution in [0, 0.1) is 17.3 Å². The van der Waals surface area contributed by atoms with Crippen molar-refractivity contribution in [1.82, 2.24) is 0 Å². The smallest absolute Gasteiger partial charge is 0.477 e. The third-order valence-corrected chi connectivity index (χ3v) is 9.20. The van der Waals surface area contributed by atoms with Crippen LogP contribution in [0.5, 0.6) is 5.75 Å². The average molecular weight is 535 g/mol. The number of rotatable bonds is 6. The number of carbonyl (C=O) groups is 1. The van der Waals surface area contributed by atoms with Gasteiger partial charge in [-0.25, -0.2) is 4.79 Å². The summed E-state index contributed by atoms with van der Waals surface area (Å²) in [5.41, 5.74) is 0.929. The summed E-state index contributed by atoms with van der Waals surface area (Å²) in [5, 5.41) is -0.462. The molecule has 0 spiro atoms. The van der Waals surface area contributed by atoms with Gasteiger partial charge in [-0.3, -0.25) is 0 Å². The molecule has 1 aromatic carbocycles. The molecule has 5 atom stereocenters. The summed E-state index contributed by atoms with van der Waals surface area (Å²) in [6, 6.07) is 3.77. The van der Waals surface area contributed by atoms with Gasteiger partial charge in [0, 0.05) is 5.56 Å². The minimum Gasteiger partial charge on any atom is -0.496 e. The maximum absolute atomic E-state index is 13.4. The lowest BCUT2D eigenvalue weighted by molar-refractivity contribution is -0.199. The number of halogens is 1. The number of hydrogen-bond acceptors (Lipinski definition) is 7. The third-order valence-electron chi connectivity index (χ3n) is 8.84. The summed E-state index contributed by atoms with van der Waals surface area (Å²) < 4.78 is 36.2. The number of carbonyl (C=O) groups excluding carboxylic acids is 1. The van der Waals surface area contributed by atoms with E-state index in [1.807, 2.05) is 32.9 Å². The number of esters is 1. The van der Waals surface area contributed by atoms with Crippen molar-refractivity contribution in [2.24, 2.45) is 17.3 Å². The Kier molecular flexibility index (Phi) is 7.15. The van der Waals surface area contributed by atoms with Gasteiger partial charge in [-0.15, -0.1) is 11.6 Å². The van der Waals surface area contributed by atoms with E-state index in [-0.39, 0.29) is 17.1 Å². The van der Waals surface area contributed by atoms with Gasteiger partial charge in [0.15, 0.2) is 6.29 Å². The normalized spacial score (nSPS) is 31.9. The van der Waals surface area contributed by atoms with Crippen molar-refractivity contribution in [1.29, 1.82) is 0 Å². The second-order valence-electron chi connectivity index (χ2n) is 12.7. The Morgan fingerprint density at radius 1 is 1.19 bits per heavy atom. The summed E-state index contributed by atoms with van der Waals surface area (Å²) in [6.45, 7) is 13.5. The molecule has 0 amide bonds. The highest BCUT2D eigenvalue weighted by Gasteiger charge is 2.68. The van der Waals surface area contributed by atoms with Gasteiger partial charge in [-0.2, -0.15) is 0 Å². The topological polar surface area (TPSA) is 72.5 Å².